The molecule has 0 aliphatic carbocycles. The molecule has 0 saturated heterocycles. The van der Waals surface area contributed by atoms with Crippen LogP contribution >= 0.6 is 11.8 Å². The van der Waals surface area contributed by atoms with Crippen LogP contribution < -0.4 is 4.74 Å². The molecule has 0 unspecified atom stereocenters. The molecule has 0 bridgehead atoms. The molecule has 6 nitrogen and oxygen atoms in total. The van der Waals surface area contributed by atoms with E-state index >= 15 is 0 Å². The molecule has 1 heterocycles. The number of hydrogen-bond acceptors (Lipinski definition) is 5. The number of carbonyl (C=O) groups is 1. The molecule has 1 N–H and O–H groups in total. The second kappa shape index (κ2) is 6.62. The maximum Gasteiger partial charge on any atom is 0.313 e. The Morgan fingerprint density at radius 2 is 2.25 bits per heavy atom. The van der Waals surface area contributed by atoms with Crippen molar-refractivity contribution in [2.45, 2.75) is 11.7 Å². The largest absolute Gasteiger partial charge is 0.497 e. The summed E-state index contributed by atoms with van der Waals surface area (Å²) in [5.41, 5.74) is 1.73. The number of nitrogens with zero attached hydrogens (tertiary/aromatic N) is 2. The fourth-order valence-corrected chi connectivity index (χ4v) is 2.61. The van der Waals surface area contributed by atoms with Crippen LogP contribution in [0.2, 0.25) is 0 Å². The predicted molar refractivity (Wildman–Crippen MR) is 76.5 cm³/mol. The molecule has 0 radical (unpaired) electrons. The molecule has 0 amide bonds. The summed E-state index contributed by atoms with van der Waals surface area (Å²) in [6.45, 7) is 1.17. The number of aliphatic carboxylic acids is 1. The summed E-state index contributed by atoms with van der Waals surface area (Å²) in [7, 11) is 3.23. The van der Waals surface area contributed by atoms with Gasteiger partial charge in [-0.15, -0.1) is 0 Å². The van der Waals surface area contributed by atoms with Crippen LogP contribution in [0, 0.1) is 0 Å². The zero-order chi connectivity index (χ0) is 14.5. The number of carboxylic acids is 1. The van der Waals surface area contributed by atoms with Gasteiger partial charge in [0.2, 0.25) is 0 Å². The number of hydrogen-bond donors (Lipinski definition) is 1. The maximum absolute atomic E-state index is 10.7. The van der Waals surface area contributed by atoms with E-state index in [9.17, 15) is 4.79 Å². The van der Waals surface area contributed by atoms with Crippen LogP contribution in [0.15, 0.2) is 23.4 Å². The van der Waals surface area contributed by atoms with Gasteiger partial charge in [-0.2, -0.15) is 0 Å². The highest BCUT2D eigenvalue weighted by atomic mass is 32.2. The van der Waals surface area contributed by atoms with E-state index in [0.717, 1.165) is 16.8 Å². The third kappa shape index (κ3) is 3.23. The fraction of sp³-hybridized carbons (Fsp3) is 0.385. The molecular formula is C13H16N2O4S. The van der Waals surface area contributed by atoms with Gasteiger partial charge in [0.1, 0.15) is 5.75 Å². The minimum absolute atomic E-state index is 0.0204. The maximum atomic E-state index is 10.7. The Bertz CT molecular complexity index is 612. The van der Waals surface area contributed by atoms with E-state index in [1.165, 1.54) is 11.8 Å². The van der Waals surface area contributed by atoms with Crippen molar-refractivity contribution in [3.8, 4) is 5.75 Å². The Balaban J connectivity index is 2.39. The first-order chi connectivity index (χ1) is 9.65. The third-order valence-corrected chi connectivity index (χ3v) is 3.73. The zero-order valence-electron chi connectivity index (χ0n) is 11.3. The molecule has 1 aromatic heterocycles. The molecule has 1 aromatic carbocycles. The van der Waals surface area contributed by atoms with Gasteiger partial charge < -0.3 is 19.1 Å². The van der Waals surface area contributed by atoms with Crippen molar-refractivity contribution >= 4 is 28.8 Å². The predicted octanol–water partition coefficient (Wildman–Crippen LogP) is 1.87. The number of fused-ring (bicyclic) bond motifs is 1. The number of ether oxygens (including phenoxy) is 2. The summed E-state index contributed by atoms with van der Waals surface area (Å²) in [4.78, 5) is 15.2. The van der Waals surface area contributed by atoms with Gasteiger partial charge in [-0.3, -0.25) is 4.79 Å². The van der Waals surface area contributed by atoms with Gasteiger partial charge in [-0.05, 0) is 12.1 Å². The molecule has 20 heavy (non-hydrogen) atoms. The molecule has 2 aromatic rings. The number of methoxy groups -OCH3 is 2. The second-order valence-electron chi connectivity index (χ2n) is 4.08. The summed E-state index contributed by atoms with van der Waals surface area (Å²) >= 11 is 1.20. The second-order valence-corrected chi connectivity index (χ2v) is 5.02. The first-order valence-electron chi connectivity index (χ1n) is 6.03. The van der Waals surface area contributed by atoms with Gasteiger partial charge in [0.15, 0.2) is 5.16 Å². The minimum atomic E-state index is -0.863. The van der Waals surface area contributed by atoms with Crippen LogP contribution in [0.25, 0.3) is 11.0 Å². The van der Waals surface area contributed by atoms with Crippen molar-refractivity contribution < 1.29 is 19.4 Å². The van der Waals surface area contributed by atoms with Gasteiger partial charge in [0.25, 0.3) is 0 Å². The quantitative estimate of drug-likeness (QED) is 0.786. The molecular weight excluding hydrogens is 280 g/mol. The summed E-state index contributed by atoms with van der Waals surface area (Å²) in [6, 6.07) is 5.62. The molecule has 0 atom stereocenters. The van der Waals surface area contributed by atoms with Crippen LogP contribution in [0.4, 0.5) is 0 Å². The molecule has 7 heteroatoms. The van der Waals surface area contributed by atoms with E-state index in [2.05, 4.69) is 4.98 Å². The average Bonchev–Trinajstić information content (AvgIpc) is 2.79. The molecule has 0 fully saturated rings. The number of rotatable bonds is 7. The smallest absolute Gasteiger partial charge is 0.313 e. The van der Waals surface area contributed by atoms with Gasteiger partial charge in [-0.1, -0.05) is 11.8 Å². The van der Waals surface area contributed by atoms with Crippen molar-refractivity contribution in [3.63, 3.8) is 0 Å². The van der Waals surface area contributed by atoms with Gasteiger partial charge in [0, 0.05) is 19.7 Å². The van der Waals surface area contributed by atoms with E-state index in [0.29, 0.717) is 18.3 Å². The number of benzene rings is 1. The number of imidazole rings is 1. The lowest BCUT2D eigenvalue weighted by Gasteiger charge is -2.07. The van der Waals surface area contributed by atoms with Gasteiger partial charge in [-0.25, -0.2) is 4.98 Å². The Hall–Kier alpha value is -1.73. The highest BCUT2D eigenvalue weighted by molar-refractivity contribution is 7.99. The Morgan fingerprint density at radius 1 is 1.45 bits per heavy atom. The zero-order valence-corrected chi connectivity index (χ0v) is 12.1. The van der Waals surface area contributed by atoms with E-state index < -0.39 is 5.97 Å². The number of carboxylic acid groups (broad SMARTS) is 1. The van der Waals surface area contributed by atoms with Crippen LogP contribution in [-0.4, -0.2) is 47.2 Å². The molecule has 0 spiro atoms. The van der Waals surface area contributed by atoms with Crippen LogP contribution in [0.3, 0.4) is 0 Å². The SMILES string of the molecule is COCCn1c(SCC(=O)O)nc2cc(OC)ccc21. The minimum Gasteiger partial charge on any atom is -0.497 e. The van der Waals surface area contributed by atoms with Crippen LogP contribution in [0.1, 0.15) is 0 Å². The number of thioether (sulfide) groups is 1. The first-order valence-corrected chi connectivity index (χ1v) is 7.02. The van der Waals surface area contributed by atoms with Crippen molar-refractivity contribution in [3.05, 3.63) is 18.2 Å². The lowest BCUT2D eigenvalue weighted by atomic mass is 10.3. The van der Waals surface area contributed by atoms with E-state index in [1.807, 2.05) is 22.8 Å². The normalized spacial score (nSPS) is 10.9. The van der Waals surface area contributed by atoms with Crippen molar-refractivity contribution in [1.29, 1.82) is 0 Å². The summed E-state index contributed by atoms with van der Waals surface area (Å²) in [6.07, 6.45) is 0. The summed E-state index contributed by atoms with van der Waals surface area (Å²) < 4.78 is 12.2. The monoisotopic (exact) mass is 296 g/mol. The Labute approximate surface area is 120 Å². The van der Waals surface area contributed by atoms with Crippen LogP contribution in [-0.2, 0) is 16.1 Å². The van der Waals surface area contributed by atoms with Crippen molar-refractivity contribution in [2.24, 2.45) is 0 Å². The van der Waals surface area contributed by atoms with Crippen molar-refractivity contribution in [1.82, 2.24) is 9.55 Å². The fourth-order valence-electron chi connectivity index (χ4n) is 1.85. The Kier molecular flexibility index (Phi) is 4.86. The third-order valence-electron chi connectivity index (χ3n) is 2.76. The van der Waals surface area contributed by atoms with Gasteiger partial charge >= 0.3 is 5.97 Å². The highest BCUT2D eigenvalue weighted by Gasteiger charge is 2.13. The standard InChI is InChI=1S/C13H16N2O4S/c1-18-6-5-15-11-4-3-9(19-2)7-10(11)14-13(15)20-8-12(16)17/h3-4,7H,5-6,8H2,1-2H3,(H,16,17). The molecule has 108 valence electrons. The summed E-state index contributed by atoms with van der Waals surface area (Å²) in [5.74, 6) is -0.158. The van der Waals surface area contributed by atoms with Crippen LogP contribution in [0.5, 0.6) is 5.75 Å². The molecule has 2 rings (SSSR count). The lowest BCUT2D eigenvalue weighted by Crippen LogP contribution is -2.07. The molecule has 0 aliphatic heterocycles. The topological polar surface area (TPSA) is 73.6 Å². The summed E-state index contributed by atoms with van der Waals surface area (Å²) in [5, 5.41) is 9.47. The van der Waals surface area contributed by atoms with Crippen molar-refractivity contribution in [2.75, 3.05) is 26.6 Å². The molecule has 0 aliphatic rings. The van der Waals surface area contributed by atoms with E-state index in [1.54, 1.807) is 14.2 Å². The molecule has 0 saturated carbocycles. The number of aromatic nitrogens is 2. The van der Waals surface area contributed by atoms with Gasteiger partial charge in [0.05, 0.1) is 30.5 Å². The first kappa shape index (κ1) is 14.7. The highest BCUT2D eigenvalue weighted by Crippen LogP contribution is 2.26. The van der Waals surface area contributed by atoms with E-state index in [4.69, 9.17) is 14.6 Å². The van der Waals surface area contributed by atoms with E-state index in [-0.39, 0.29) is 5.75 Å². The average molecular weight is 296 g/mol. The lowest BCUT2D eigenvalue weighted by molar-refractivity contribution is -0.133. The Morgan fingerprint density at radius 3 is 2.90 bits per heavy atom.